The van der Waals surface area contributed by atoms with Gasteiger partial charge in [-0.05, 0) is 49.4 Å². The third kappa shape index (κ3) is 3.62. The van der Waals surface area contributed by atoms with Gasteiger partial charge in [-0.3, -0.25) is 15.0 Å². The summed E-state index contributed by atoms with van der Waals surface area (Å²) in [6, 6.07) is 11.9. The molecule has 7 nitrogen and oxygen atoms in total. The van der Waals surface area contributed by atoms with Crippen LogP contribution in [-0.4, -0.2) is 38.0 Å². The monoisotopic (exact) mass is 379 g/mol. The molecule has 0 saturated heterocycles. The number of hydrogen-bond donors (Lipinski definition) is 2. The van der Waals surface area contributed by atoms with Gasteiger partial charge in [0.05, 0.1) is 24.2 Å². The fourth-order valence-electron chi connectivity index (χ4n) is 2.97. The van der Waals surface area contributed by atoms with Gasteiger partial charge in [0.2, 0.25) is 0 Å². The van der Waals surface area contributed by atoms with Crippen LogP contribution in [-0.2, 0) is 16.0 Å². The van der Waals surface area contributed by atoms with Crippen molar-refractivity contribution >= 4 is 16.9 Å². The van der Waals surface area contributed by atoms with Crippen LogP contribution >= 0.6 is 0 Å². The first-order valence-corrected chi connectivity index (χ1v) is 8.95. The zero-order chi connectivity index (χ0) is 19.5. The molecule has 2 aromatic heterocycles. The third-order valence-corrected chi connectivity index (χ3v) is 4.34. The van der Waals surface area contributed by atoms with E-state index in [0.717, 1.165) is 27.7 Å². The van der Waals surface area contributed by atoms with Gasteiger partial charge in [0.15, 0.2) is 5.82 Å². The van der Waals surface area contributed by atoms with E-state index in [1.807, 2.05) is 18.2 Å². The molecule has 4 aromatic rings. The second kappa shape index (κ2) is 7.59. The standard InChI is InChI=1S/C20H18FN5O2/c1-2-28-18(27)10-9-17-22-20(26-24-17)13-5-8-16-15(11-13)19(25-23-16)12-3-6-14(21)7-4-12/h3-8,11H,2,9-10H2,1H3,(H,23,25)(H,22,24,26). The van der Waals surface area contributed by atoms with Gasteiger partial charge in [0.1, 0.15) is 11.6 Å². The van der Waals surface area contributed by atoms with Crippen molar-refractivity contribution in [3.63, 3.8) is 0 Å². The van der Waals surface area contributed by atoms with E-state index >= 15 is 0 Å². The minimum Gasteiger partial charge on any atom is -0.466 e. The molecule has 28 heavy (non-hydrogen) atoms. The summed E-state index contributed by atoms with van der Waals surface area (Å²) in [5.41, 5.74) is 3.22. The zero-order valence-electron chi connectivity index (χ0n) is 15.2. The topological polar surface area (TPSA) is 96.6 Å². The first kappa shape index (κ1) is 17.8. The fourth-order valence-corrected chi connectivity index (χ4v) is 2.97. The third-order valence-electron chi connectivity index (χ3n) is 4.34. The lowest BCUT2D eigenvalue weighted by atomic mass is 10.1. The van der Waals surface area contributed by atoms with Gasteiger partial charge < -0.3 is 4.74 Å². The number of ether oxygens (including phenoxy) is 1. The van der Waals surface area contributed by atoms with E-state index in [0.29, 0.717) is 24.7 Å². The van der Waals surface area contributed by atoms with E-state index in [1.165, 1.54) is 12.1 Å². The van der Waals surface area contributed by atoms with Crippen LogP contribution < -0.4 is 0 Å². The van der Waals surface area contributed by atoms with Crippen molar-refractivity contribution in [3.05, 3.63) is 54.1 Å². The number of esters is 1. The fraction of sp³-hybridized carbons (Fsp3) is 0.200. The van der Waals surface area contributed by atoms with Gasteiger partial charge in [-0.15, -0.1) is 0 Å². The van der Waals surface area contributed by atoms with Gasteiger partial charge in [-0.25, -0.2) is 9.37 Å². The quantitative estimate of drug-likeness (QED) is 0.499. The summed E-state index contributed by atoms with van der Waals surface area (Å²) in [6.07, 6.45) is 0.679. The van der Waals surface area contributed by atoms with Crippen LogP contribution in [0.4, 0.5) is 4.39 Å². The van der Waals surface area contributed by atoms with Gasteiger partial charge >= 0.3 is 5.97 Å². The molecule has 4 rings (SSSR count). The summed E-state index contributed by atoms with van der Waals surface area (Å²) in [5.74, 6) is 0.602. The molecule has 0 radical (unpaired) electrons. The van der Waals surface area contributed by atoms with Crippen molar-refractivity contribution in [1.82, 2.24) is 25.4 Å². The molecule has 0 aliphatic rings. The number of aromatic nitrogens is 5. The van der Waals surface area contributed by atoms with Crippen molar-refractivity contribution in [1.29, 1.82) is 0 Å². The summed E-state index contributed by atoms with van der Waals surface area (Å²) in [7, 11) is 0. The highest BCUT2D eigenvalue weighted by atomic mass is 19.1. The predicted molar refractivity (Wildman–Crippen MR) is 102 cm³/mol. The molecule has 2 aromatic carbocycles. The van der Waals surface area contributed by atoms with Crippen molar-refractivity contribution in [2.45, 2.75) is 19.8 Å². The first-order chi connectivity index (χ1) is 13.6. The highest BCUT2D eigenvalue weighted by molar-refractivity contribution is 5.95. The summed E-state index contributed by atoms with van der Waals surface area (Å²) in [6.45, 7) is 2.14. The molecular formula is C20H18FN5O2. The number of rotatable bonds is 6. The van der Waals surface area contributed by atoms with Crippen molar-refractivity contribution in [2.75, 3.05) is 6.61 Å². The molecule has 0 spiro atoms. The lowest BCUT2D eigenvalue weighted by Crippen LogP contribution is -2.05. The Morgan fingerprint density at radius 3 is 2.64 bits per heavy atom. The van der Waals surface area contributed by atoms with Gasteiger partial charge in [-0.1, -0.05) is 0 Å². The lowest BCUT2D eigenvalue weighted by molar-refractivity contribution is -0.143. The second-order valence-corrected chi connectivity index (χ2v) is 6.25. The molecule has 142 valence electrons. The number of H-pyrrole nitrogens is 2. The number of aryl methyl sites for hydroxylation is 1. The van der Waals surface area contributed by atoms with Crippen LogP contribution in [0.2, 0.25) is 0 Å². The summed E-state index contributed by atoms with van der Waals surface area (Å²) >= 11 is 0. The van der Waals surface area contributed by atoms with E-state index < -0.39 is 0 Å². The number of benzene rings is 2. The Bertz CT molecular complexity index is 1120. The minimum absolute atomic E-state index is 0.248. The minimum atomic E-state index is -0.291. The Morgan fingerprint density at radius 2 is 1.86 bits per heavy atom. The van der Waals surface area contributed by atoms with Crippen LogP contribution in [0.1, 0.15) is 19.2 Å². The van der Waals surface area contributed by atoms with E-state index in [-0.39, 0.29) is 18.2 Å². The summed E-state index contributed by atoms with van der Waals surface area (Å²) < 4.78 is 18.1. The Kier molecular flexibility index (Phi) is 4.84. The number of halogens is 1. The molecule has 0 saturated carbocycles. The number of hydrogen-bond acceptors (Lipinski definition) is 5. The second-order valence-electron chi connectivity index (χ2n) is 6.25. The van der Waals surface area contributed by atoms with E-state index in [4.69, 9.17) is 4.74 Å². The Balaban J connectivity index is 1.60. The molecule has 0 unspecified atom stereocenters. The van der Waals surface area contributed by atoms with E-state index in [2.05, 4.69) is 25.4 Å². The Labute approximate surface area is 160 Å². The lowest BCUT2D eigenvalue weighted by Gasteiger charge is -2.00. The van der Waals surface area contributed by atoms with Crippen LogP contribution in [0.5, 0.6) is 0 Å². The summed E-state index contributed by atoms with van der Waals surface area (Å²) in [4.78, 5) is 15.9. The molecule has 0 atom stereocenters. The average Bonchev–Trinajstić information content (AvgIpc) is 3.34. The normalized spacial score (nSPS) is 11.1. The highest BCUT2D eigenvalue weighted by Crippen LogP contribution is 2.29. The number of nitrogens with zero attached hydrogens (tertiary/aromatic N) is 3. The maximum atomic E-state index is 13.2. The number of carbonyl (C=O) groups excluding carboxylic acids is 1. The highest BCUT2D eigenvalue weighted by Gasteiger charge is 2.13. The molecule has 0 aliphatic heterocycles. The zero-order valence-corrected chi connectivity index (χ0v) is 15.2. The van der Waals surface area contributed by atoms with Crippen LogP contribution in [0.15, 0.2) is 42.5 Å². The van der Waals surface area contributed by atoms with Crippen LogP contribution in [0, 0.1) is 5.82 Å². The van der Waals surface area contributed by atoms with Crippen LogP contribution in [0.25, 0.3) is 33.5 Å². The molecule has 8 heteroatoms. The largest absolute Gasteiger partial charge is 0.466 e. The smallest absolute Gasteiger partial charge is 0.306 e. The maximum Gasteiger partial charge on any atom is 0.306 e. The van der Waals surface area contributed by atoms with Crippen molar-refractivity contribution in [2.24, 2.45) is 0 Å². The summed E-state index contributed by atoms with van der Waals surface area (Å²) in [5, 5.41) is 15.3. The number of carbonyl (C=O) groups is 1. The van der Waals surface area contributed by atoms with Crippen molar-refractivity contribution in [3.8, 4) is 22.6 Å². The number of nitrogens with one attached hydrogen (secondary N) is 2. The molecular weight excluding hydrogens is 361 g/mol. The van der Waals surface area contributed by atoms with E-state index in [1.54, 1.807) is 19.1 Å². The first-order valence-electron chi connectivity index (χ1n) is 8.95. The van der Waals surface area contributed by atoms with Gasteiger partial charge in [0.25, 0.3) is 0 Å². The molecule has 2 heterocycles. The number of aromatic amines is 2. The van der Waals surface area contributed by atoms with E-state index in [9.17, 15) is 9.18 Å². The molecule has 0 fully saturated rings. The Hall–Kier alpha value is -3.55. The predicted octanol–water partition coefficient (Wildman–Crippen LogP) is 3.65. The average molecular weight is 379 g/mol. The SMILES string of the molecule is CCOC(=O)CCc1nc(-c2ccc3[nH]nc(-c4ccc(F)cc4)c3c2)n[nH]1. The maximum absolute atomic E-state index is 13.2. The molecule has 0 amide bonds. The van der Waals surface area contributed by atoms with Gasteiger partial charge in [-0.2, -0.15) is 10.2 Å². The number of fused-ring (bicyclic) bond motifs is 1. The van der Waals surface area contributed by atoms with Crippen LogP contribution in [0.3, 0.4) is 0 Å². The van der Waals surface area contributed by atoms with Crippen molar-refractivity contribution < 1.29 is 13.9 Å². The Morgan fingerprint density at radius 1 is 1.07 bits per heavy atom. The van der Waals surface area contributed by atoms with Gasteiger partial charge in [0, 0.05) is 22.9 Å². The molecule has 0 aliphatic carbocycles. The molecule has 2 N–H and O–H groups in total. The molecule has 0 bridgehead atoms.